The first-order chi connectivity index (χ1) is 12.0. The molecule has 1 saturated heterocycles. The summed E-state index contributed by atoms with van der Waals surface area (Å²) in [5, 5.41) is 9.28. The third kappa shape index (κ3) is 2.94. The van der Waals surface area contributed by atoms with Gasteiger partial charge in [0.2, 0.25) is 5.43 Å². The number of carboxylic acid groups (broad SMARTS) is 1. The average molecular weight is 362 g/mol. The van der Waals surface area contributed by atoms with E-state index in [9.17, 15) is 19.1 Å². The van der Waals surface area contributed by atoms with Gasteiger partial charge in [0, 0.05) is 30.4 Å². The Bertz CT molecular complexity index is 948. The number of fused-ring (bicyclic) bond motifs is 1. The first-order valence-corrected chi connectivity index (χ1v) is 8.52. The molecule has 0 spiro atoms. The van der Waals surface area contributed by atoms with E-state index in [1.54, 1.807) is 9.47 Å². The third-order valence-electron chi connectivity index (χ3n) is 4.75. The number of carboxylic acids is 1. The number of aromatic carboxylic acids is 1. The molecule has 140 valence electrons. The summed E-state index contributed by atoms with van der Waals surface area (Å²) >= 11 is 0. The second-order valence-corrected chi connectivity index (χ2v) is 7.88. The molecule has 0 aliphatic carbocycles. The second-order valence-electron chi connectivity index (χ2n) is 7.88. The fourth-order valence-electron chi connectivity index (χ4n) is 3.45. The molecule has 26 heavy (non-hydrogen) atoms. The maximum Gasteiger partial charge on any atom is 0.341 e. The van der Waals surface area contributed by atoms with Gasteiger partial charge in [-0.1, -0.05) is 0 Å². The number of rotatable bonds is 2. The zero-order chi connectivity index (χ0) is 19.4. The molecule has 0 aromatic carbocycles. The zero-order valence-electron chi connectivity index (χ0n) is 15.3. The van der Waals surface area contributed by atoms with Gasteiger partial charge in [-0.2, -0.15) is 0 Å². The van der Waals surface area contributed by atoms with E-state index in [4.69, 9.17) is 5.73 Å². The van der Waals surface area contributed by atoms with E-state index >= 15 is 0 Å². The number of pyridine rings is 2. The minimum atomic E-state index is -1.35. The second kappa shape index (κ2) is 6.05. The van der Waals surface area contributed by atoms with Gasteiger partial charge in [-0.25, -0.2) is 14.2 Å². The van der Waals surface area contributed by atoms with Crippen molar-refractivity contribution in [2.75, 3.05) is 11.4 Å². The molecule has 0 bridgehead atoms. The van der Waals surface area contributed by atoms with Gasteiger partial charge in [0.25, 0.3) is 0 Å². The highest BCUT2D eigenvalue weighted by Gasteiger charge is 2.31. The van der Waals surface area contributed by atoms with E-state index in [2.05, 4.69) is 4.98 Å². The normalized spacial score (nSPS) is 20.8. The van der Waals surface area contributed by atoms with Crippen molar-refractivity contribution in [2.24, 2.45) is 5.73 Å². The molecule has 1 aliphatic heterocycles. The molecule has 3 rings (SSSR count). The van der Waals surface area contributed by atoms with Crippen LogP contribution >= 0.6 is 0 Å². The summed E-state index contributed by atoms with van der Waals surface area (Å²) in [6, 6.07) is 1.05. The Balaban J connectivity index is 2.34. The Kier molecular flexibility index (Phi) is 4.26. The minimum Gasteiger partial charge on any atom is -0.477 e. The van der Waals surface area contributed by atoms with Crippen LogP contribution in [0.2, 0.25) is 0 Å². The first kappa shape index (κ1) is 18.3. The van der Waals surface area contributed by atoms with Gasteiger partial charge in [-0.15, -0.1) is 0 Å². The van der Waals surface area contributed by atoms with Crippen LogP contribution in [0.1, 0.15) is 44.5 Å². The van der Waals surface area contributed by atoms with Crippen LogP contribution in [0, 0.1) is 5.82 Å². The lowest BCUT2D eigenvalue weighted by atomic mass is 10.1. The molecule has 0 radical (unpaired) electrons. The summed E-state index contributed by atoms with van der Waals surface area (Å²) in [6.07, 6.45) is 2.00. The fourth-order valence-corrected chi connectivity index (χ4v) is 3.45. The van der Waals surface area contributed by atoms with Crippen LogP contribution < -0.4 is 16.1 Å². The summed E-state index contributed by atoms with van der Waals surface area (Å²) in [6.45, 7) is 8.01. The third-order valence-corrected chi connectivity index (χ3v) is 4.75. The van der Waals surface area contributed by atoms with E-state index in [0.717, 1.165) is 12.5 Å². The first-order valence-electron chi connectivity index (χ1n) is 8.52. The van der Waals surface area contributed by atoms with Crippen molar-refractivity contribution in [1.29, 1.82) is 0 Å². The van der Waals surface area contributed by atoms with Crippen LogP contribution in [-0.4, -0.2) is 39.3 Å². The summed E-state index contributed by atoms with van der Waals surface area (Å²) in [5.74, 6) is -1.87. The minimum absolute atomic E-state index is 0.0255. The number of nitrogens with zero attached hydrogens (tertiary/aromatic N) is 3. The van der Waals surface area contributed by atoms with Gasteiger partial charge in [0.15, 0.2) is 11.6 Å². The van der Waals surface area contributed by atoms with Crippen molar-refractivity contribution < 1.29 is 14.3 Å². The Morgan fingerprint density at radius 3 is 2.58 bits per heavy atom. The molecule has 7 nitrogen and oxygen atoms in total. The maximum absolute atomic E-state index is 14.8. The summed E-state index contributed by atoms with van der Waals surface area (Å²) in [7, 11) is 0. The molecule has 8 heteroatoms. The smallest absolute Gasteiger partial charge is 0.341 e. The summed E-state index contributed by atoms with van der Waals surface area (Å²) < 4.78 is 16.4. The number of anilines is 1. The van der Waals surface area contributed by atoms with Crippen LogP contribution in [0.4, 0.5) is 10.2 Å². The number of aromatic nitrogens is 2. The molecule has 0 saturated carbocycles. The Hall–Kier alpha value is -2.48. The molecular formula is C18H23FN4O3. The number of hydrogen-bond acceptors (Lipinski definition) is 5. The number of hydrogen-bond donors (Lipinski definition) is 2. The molecule has 2 aromatic rings. The Morgan fingerprint density at radius 1 is 1.42 bits per heavy atom. The van der Waals surface area contributed by atoms with Crippen LogP contribution in [-0.2, 0) is 5.54 Å². The lowest BCUT2D eigenvalue weighted by Crippen LogP contribution is -2.32. The van der Waals surface area contributed by atoms with Crippen molar-refractivity contribution in [3.8, 4) is 0 Å². The lowest BCUT2D eigenvalue weighted by molar-refractivity contribution is 0.0694. The largest absolute Gasteiger partial charge is 0.477 e. The van der Waals surface area contributed by atoms with E-state index in [-0.39, 0.29) is 28.9 Å². The molecule has 3 heterocycles. The van der Waals surface area contributed by atoms with Crippen LogP contribution in [0.15, 0.2) is 17.1 Å². The van der Waals surface area contributed by atoms with Crippen LogP contribution in [0.5, 0.6) is 0 Å². The molecule has 1 fully saturated rings. The van der Waals surface area contributed by atoms with Crippen molar-refractivity contribution >= 4 is 22.8 Å². The Labute approximate surface area is 150 Å². The highest BCUT2D eigenvalue weighted by atomic mass is 19.1. The molecule has 2 aromatic heterocycles. The van der Waals surface area contributed by atoms with E-state index in [0.29, 0.717) is 6.54 Å². The van der Waals surface area contributed by atoms with Crippen LogP contribution in [0.25, 0.3) is 11.0 Å². The van der Waals surface area contributed by atoms with Gasteiger partial charge in [-0.3, -0.25) is 4.79 Å². The molecule has 3 N–H and O–H groups in total. The summed E-state index contributed by atoms with van der Waals surface area (Å²) in [5.41, 5.74) is 4.55. The van der Waals surface area contributed by atoms with Crippen molar-refractivity contribution in [2.45, 2.75) is 51.7 Å². The predicted molar refractivity (Wildman–Crippen MR) is 97.3 cm³/mol. The van der Waals surface area contributed by atoms with Gasteiger partial charge < -0.3 is 20.3 Å². The number of carbonyl (C=O) groups is 1. The van der Waals surface area contributed by atoms with Gasteiger partial charge in [0.05, 0.1) is 5.39 Å². The molecule has 2 atom stereocenters. The predicted octanol–water partition coefficient (Wildman–Crippen LogP) is 1.91. The highest BCUT2D eigenvalue weighted by Crippen LogP contribution is 2.29. The van der Waals surface area contributed by atoms with Crippen molar-refractivity contribution in [3.05, 3.63) is 33.9 Å². The van der Waals surface area contributed by atoms with E-state index in [1.807, 2.05) is 27.7 Å². The number of nitrogens with two attached hydrogens (primary N) is 1. The van der Waals surface area contributed by atoms with Gasteiger partial charge in [-0.05, 0) is 40.2 Å². The van der Waals surface area contributed by atoms with Crippen LogP contribution in [0.3, 0.4) is 0 Å². The Morgan fingerprint density at radius 2 is 2.08 bits per heavy atom. The topological polar surface area (TPSA) is 101 Å². The molecular weight excluding hydrogens is 339 g/mol. The monoisotopic (exact) mass is 362 g/mol. The molecule has 0 unspecified atom stereocenters. The standard InChI is InChI=1S/C18H23FN4O3/c1-9-5-10(20)7-22(9)16-13(19)6-11-14(24)12(17(25)26)8-23(15(11)21-16)18(2,3)4/h6,8-10H,5,7,20H2,1-4H3,(H,25,26)/t9-,10+/m1/s1. The summed E-state index contributed by atoms with van der Waals surface area (Å²) in [4.78, 5) is 30.2. The average Bonchev–Trinajstić information content (AvgIpc) is 2.84. The van der Waals surface area contributed by atoms with Gasteiger partial charge in [0.1, 0.15) is 11.2 Å². The van der Waals surface area contributed by atoms with E-state index in [1.165, 1.54) is 6.20 Å². The van der Waals surface area contributed by atoms with Gasteiger partial charge >= 0.3 is 5.97 Å². The van der Waals surface area contributed by atoms with E-state index < -0.39 is 28.3 Å². The number of halogens is 1. The molecule has 1 aliphatic rings. The van der Waals surface area contributed by atoms with Crippen molar-refractivity contribution in [1.82, 2.24) is 9.55 Å². The lowest BCUT2D eigenvalue weighted by Gasteiger charge is -2.27. The maximum atomic E-state index is 14.8. The quantitative estimate of drug-likeness (QED) is 0.846. The SMILES string of the molecule is C[C@@H]1C[C@H](N)CN1c1nc2c(cc1F)c(=O)c(C(=O)O)cn2C(C)(C)C. The highest BCUT2D eigenvalue weighted by molar-refractivity contribution is 5.92. The zero-order valence-corrected chi connectivity index (χ0v) is 15.3. The van der Waals surface area contributed by atoms with Crippen molar-refractivity contribution in [3.63, 3.8) is 0 Å². The molecule has 0 amide bonds. The fraction of sp³-hybridized carbons (Fsp3) is 0.500.